The molecule has 0 saturated carbocycles. The Morgan fingerprint density at radius 3 is 2.65 bits per heavy atom. The summed E-state index contributed by atoms with van der Waals surface area (Å²) in [6, 6.07) is 16.7. The van der Waals surface area contributed by atoms with E-state index >= 15 is 0 Å². The van der Waals surface area contributed by atoms with Gasteiger partial charge in [0.1, 0.15) is 12.4 Å². The first-order valence-electron chi connectivity index (χ1n) is 12.2. The highest BCUT2D eigenvalue weighted by Crippen LogP contribution is 2.45. The van der Waals surface area contributed by atoms with E-state index in [2.05, 4.69) is 0 Å². The van der Waals surface area contributed by atoms with Gasteiger partial charge in [-0.25, -0.2) is 9.79 Å². The van der Waals surface area contributed by atoms with Gasteiger partial charge in [-0.3, -0.25) is 4.79 Å². The highest BCUT2D eigenvalue weighted by molar-refractivity contribution is 8.16. The number of methoxy groups -OCH3 is 1. The Kier molecular flexibility index (Phi) is 7.62. The second-order valence-electron chi connectivity index (χ2n) is 8.90. The average Bonchev–Trinajstić information content (AvgIpc) is 3.33. The Hall–Kier alpha value is -3.56. The summed E-state index contributed by atoms with van der Waals surface area (Å²) in [7, 11) is 1.61. The molecule has 9 heteroatoms. The molecule has 2 aromatic rings. The van der Waals surface area contributed by atoms with Crippen molar-refractivity contribution in [2.24, 2.45) is 4.99 Å². The van der Waals surface area contributed by atoms with Gasteiger partial charge in [0.15, 0.2) is 5.17 Å². The molecule has 0 unspecified atom stereocenters. The van der Waals surface area contributed by atoms with Crippen LogP contribution in [0, 0.1) is 0 Å². The van der Waals surface area contributed by atoms with E-state index in [4.69, 9.17) is 19.2 Å². The molecule has 0 aliphatic carbocycles. The number of hydrogen-bond acceptors (Lipinski definition) is 8. The van der Waals surface area contributed by atoms with Crippen LogP contribution in [0.25, 0.3) is 0 Å². The molecule has 0 radical (unpaired) electrons. The minimum absolute atomic E-state index is 0.0280. The third-order valence-electron chi connectivity index (χ3n) is 6.54. The van der Waals surface area contributed by atoms with E-state index in [0.717, 1.165) is 22.0 Å². The number of carbonyl (C=O) groups is 2. The molecule has 1 saturated heterocycles. The quantitative estimate of drug-likeness (QED) is 0.506. The highest BCUT2D eigenvalue weighted by Gasteiger charge is 2.41. The smallest absolute Gasteiger partial charge is 0.338 e. The number of thioether (sulfide) groups is 1. The summed E-state index contributed by atoms with van der Waals surface area (Å²) in [6.07, 6.45) is 0.206. The van der Waals surface area contributed by atoms with Gasteiger partial charge in [0.05, 0.1) is 44.1 Å². The van der Waals surface area contributed by atoms with Crippen molar-refractivity contribution >= 4 is 28.8 Å². The van der Waals surface area contributed by atoms with E-state index in [0.29, 0.717) is 43.3 Å². The summed E-state index contributed by atoms with van der Waals surface area (Å²) in [5.74, 6) is 0.269. The molecule has 1 fully saturated rings. The predicted octanol–water partition coefficient (Wildman–Crippen LogP) is 4.26. The number of amides is 1. The summed E-state index contributed by atoms with van der Waals surface area (Å²) in [6.45, 7) is 4.23. The molecule has 0 bridgehead atoms. The minimum atomic E-state index is -0.510. The van der Waals surface area contributed by atoms with Crippen LogP contribution in [-0.4, -0.2) is 60.3 Å². The van der Waals surface area contributed by atoms with Crippen LogP contribution in [0.15, 0.2) is 82.0 Å². The van der Waals surface area contributed by atoms with Gasteiger partial charge in [0.2, 0.25) is 5.91 Å². The van der Waals surface area contributed by atoms with Gasteiger partial charge in [0.25, 0.3) is 0 Å². The molecule has 192 valence electrons. The molecule has 3 aliphatic rings. The molecule has 1 amide bonds. The first-order chi connectivity index (χ1) is 18.0. The van der Waals surface area contributed by atoms with Gasteiger partial charge in [0, 0.05) is 18.8 Å². The molecule has 0 aromatic heterocycles. The molecule has 5 rings (SSSR count). The molecular weight excluding hydrogens is 490 g/mol. The number of esters is 1. The number of aliphatic imine (C=N–C) groups is 1. The summed E-state index contributed by atoms with van der Waals surface area (Å²) < 4.78 is 16.6. The van der Waals surface area contributed by atoms with Crippen LogP contribution in [-0.2, 0) is 25.7 Å². The number of ether oxygens (including phenoxy) is 3. The van der Waals surface area contributed by atoms with Crippen LogP contribution < -0.4 is 4.74 Å². The largest absolute Gasteiger partial charge is 0.497 e. The monoisotopic (exact) mass is 519 g/mol. The second-order valence-corrected chi connectivity index (χ2v) is 9.74. The number of rotatable bonds is 7. The lowest BCUT2D eigenvalue weighted by molar-refractivity contribution is -0.141. The summed E-state index contributed by atoms with van der Waals surface area (Å²) >= 11 is 1.46. The van der Waals surface area contributed by atoms with Crippen molar-refractivity contribution in [1.82, 2.24) is 9.80 Å². The fourth-order valence-electron chi connectivity index (χ4n) is 4.64. The fourth-order valence-corrected chi connectivity index (χ4v) is 5.60. The number of morpholine rings is 1. The number of carbonyl (C=O) groups excluding carboxylic acids is 2. The molecule has 0 spiro atoms. The lowest BCUT2D eigenvalue weighted by Gasteiger charge is -2.37. The van der Waals surface area contributed by atoms with Crippen LogP contribution in [0.1, 0.15) is 30.5 Å². The van der Waals surface area contributed by atoms with Crippen molar-refractivity contribution in [2.45, 2.75) is 26.0 Å². The van der Waals surface area contributed by atoms with Crippen molar-refractivity contribution in [3.05, 3.63) is 88.1 Å². The standard InChI is InChI=1S/C28H29N3O5S/c1-19-25(27(33)36-17-20-7-4-3-5-8-20)26(21-9-6-10-23(15-21)34-2)31-22(18-37-28(31)29-19)16-24(32)30-11-13-35-14-12-30/h3-10,15,18,26H,11-14,16-17H2,1-2H3/t26-/m0/s1. The zero-order chi connectivity index (χ0) is 25.8. The number of nitrogens with zero attached hydrogens (tertiary/aromatic N) is 3. The van der Waals surface area contributed by atoms with Gasteiger partial charge >= 0.3 is 5.97 Å². The number of amidine groups is 1. The first kappa shape index (κ1) is 25.1. The number of fused-ring (bicyclic) bond motifs is 1. The van der Waals surface area contributed by atoms with Crippen molar-refractivity contribution in [3.8, 4) is 5.75 Å². The molecule has 1 atom stereocenters. The van der Waals surface area contributed by atoms with Crippen LogP contribution in [0.3, 0.4) is 0 Å². The maximum Gasteiger partial charge on any atom is 0.338 e. The van der Waals surface area contributed by atoms with Crippen molar-refractivity contribution in [1.29, 1.82) is 0 Å². The molecule has 0 N–H and O–H groups in total. The fraction of sp³-hybridized carbons (Fsp3) is 0.321. The lowest BCUT2D eigenvalue weighted by atomic mass is 9.93. The molecule has 2 aromatic carbocycles. The topological polar surface area (TPSA) is 80.7 Å². The Labute approximate surface area is 220 Å². The molecule has 3 heterocycles. The van der Waals surface area contributed by atoms with Crippen molar-refractivity contribution < 1.29 is 23.8 Å². The van der Waals surface area contributed by atoms with Gasteiger partial charge in [-0.1, -0.05) is 54.2 Å². The summed E-state index contributed by atoms with van der Waals surface area (Å²) in [5, 5.41) is 2.69. The Morgan fingerprint density at radius 2 is 1.89 bits per heavy atom. The Morgan fingerprint density at radius 1 is 1.11 bits per heavy atom. The second kappa shape index (κ2) is 11.2. The third kappa shape index (κ3) is 5.42. The van der Waals surface area contributed by atoms with Gasteiger partial charge in [-0.2, -0.15) is 0 Å². The summed E-state index contributed by atoms with van der Waals surface area (Å²) in [4.78, 5) is 35.3. The zero-order valence-electron chi connectivity index (χ0n) is 20.9. The Bertz CT molecular complexity index is 1270. The first-order valence-corrected chi connectivity index (χ1v) is 13.1. The lowest BCUT2D eigenvalue weighted by Crippen LogP contribution is -2.42. The number of benzene rings is 2. The molecule has 37 heavy (non-hydrogen) atoms. The van der Waals surface area contributed by atoms with Crippen molar-refractivity contribution in [3.63, 3.8) is 0 Å². The van der Waals surface area contributed by atoms with Crippen LogP contribution in [0.4, 0.5) is 0 Å². The van der Waals surface area contributed by atoms with E-state index < -0.39 is 12.0 Å². The summed E-state index contributed by atoms with van der Waals surface area (Å²) in [5.41, 5.74) is 3.60. The number of hydrogen-bond donors (Lipinski definition) is 0. The van der Waals surface area contributed by atoms with Gasteiger partial charge in [-0.15, -0.1) is 0 Å². The molecule has 3 aliphatic heterocycles. The van der Waals surface area contributed by atoms with E-state index in [9.17, 15) is 9.59 Å². The number of allylic oxidation sites excluding steroid dienone is 1. The SMILES string of the molecule is COc1cccc([C@H]2C(C(=O)OCc3ccccc3)=C(C)N=C3SC=C(CC(=O)N4CCOCC4)N32)c1. The average molecular weight is 520 g/mol. The maximum absolute atomic E-state index is 13.6. The third-order valence-corrected chi connectivity index (χ3v) is 7.43. The molecule has 8 nitrogen and oxygen atoms in total. The van der Waals surface area contributed by atoms with Crippen LogP contribution in [0.2, 0.25) is 0 Å². The zero-order valence-corrected chi connectivity index (χ0v) is 21.7. The van der Waals surface area contributed by atoms with E-state index in [1.54, 1.807) is 7.11 Å². The predicted molar refractivity (Wildman–Crippen MR) is 142 cm³/mol. The highest BCUT2D eigenvalue weighted by atomic mass is 32.2. The van der Waals surface area contributed by atoms with E-state index in [-0.39, 0.29) is 18.9 Å². The normalized spacial score (nSPS) is 19.2. The molecular formula is C28H29N3O5S. The van der Waals surface area contributed by atoms with Crippen LogP contribution in [0.5, 0.6) is 5.75 Å². The van der Waals surface area contributed by atoms with Crippen LogP contribution >= 0.6 is 11.8 Å². The minimum Gasteiger partial charge on any atom is -0.497 e. The van der Waals surface area contributed by atoms with Crippen molar-refractivity contribution in [2.75, 3.05) is 33.4 Å². The Balaban J connectivity index is 1.47. The maximum atomic E-state index is 13.6. The van der Waals surface area contributed by atoms with E-state index in [1.165, 1.54) is 11.8 Å². The van der Waals surface area contributed by atoms with Gasteiger partial charge < -0.3 is 24.0 Å². The van der Waals surface area contributed by atoms with E-state index in [1.807, 2.05) is 76.7 Å². The van der Waals surface area contributed by atoms with Gasteiger partial charge in [-0.05, 0) is 35.6 Å².